The summed E-state index contributed by atoms with van der Waals surface area (Å²) in [5, 5.41) is 0. The van der Waals surface area contributed by atoms with E-state index in [1.54, 1.807) is 0 Å². The molecule has 27 heavy (non-hydrogen) atoms. The Bertz CT molecular complexity index is 914. The number of hydrogen-bond acceptors (Lipinski definition) is 2. The zero-order valence-corrected chi connectivity index (χ0v) is 15.6. The van der Waals surface area contributed by atoms with Gasteiger partial charge in [-0.1, -0.05) is 54.6 Å². The van der Waals surface area contributed by atoms with E-state index in [9.17, 15) is 4.79 Å². The van der Waals surface area contributed by atoms with Crippen LogP contribution in [0.15, 0.2) is 78.9 Å². The normalized spacial score (nSPS) is 14.3. The molecule has 1 aliphatic rings. The number of aryl methyl sites for hydroxylation is 1. The topological polar surface area (TPSA) is 23.6 Å². The van der Waals surface area contributed by atoms with E-state index in [1.165, 1.54) is 22.4 Å². The van der Waals surface area contributed by atoms with Gasteiger partial charge in [-0.3, -0.25) is 4.79 Å². The lowest BCUT2D eigenvalue weighted by Crippen LogP contribution is -2.48. The molecular formula is C24H24N2O. The van der Waals surface area contributed by atoms with E-state index in [0.29, 0.717) is 0 Å². The van der Waals surface area contributed by atoms with Crippen molar-refractivity contribution < 1.29 is 4.79 Å². The van der Waals surface area contributed by atoms with E-state index < -0.39 is 0 Å². The summed E-state index contributed by atoms with van der Waals surface area (Å²) in [5.41, 5.74) is 5.80. The molecule has 136 valence electrons. The molecule has 1 amide bonds. The van der Waals surface area contributed by atoms with Gasteiger partial charge in [0.05, 0.1) is 0 Å². The number of amides is 1. The molecule has 3 aromatic rings. The Kier molecular flexibility index (Phi) is 4.93. The Morgan fingerprint density at radius 3 is 2.07 bits per heavy atom. The summed E-state index contributed by atoms with van der Waals surface area (Å²) in [6, 6.07) is 26.7. The van der Waals surface area contributed by atoms with Gasteiger partial charge >= 0.3 is 0 Å². The summed E-state index contributed by atoms with van der Waals surface area (Å²) in [7, 11) is 0. The monoisotopic (exact) mass is 356 g/mol. The van der Waals surface area contributed by atoms with Crippen molar-refractivity contribution >= 4 is 11.6 Å². The second-order valence-corrected chi connectivity index (χ2v) is 7.01. The first kappa shape index (κ1) is 17.3. The Morgan fingerprint density at radius 1 is 0.778 bits per heavy atom. The molecule has 0 radical (unpaired) electrons. The first-order valence-electron chi connectivity index (χ1n) is 9.48. The third-order valence-electron chi connectivity index (χ3n) is 5.26. The average molecular weight is 356 g/mol. The number of piperazine rings is 1. The minimum Gasteiger partial charge on any atom is -0.368 e. The van der Waals surface area contributed by atoms with Gasteiger partial charge in [0.25, 0.3) is 5.91 Å². The van der Waals surface area contributed by atoms with Crippen LogP contribution in [0.5, 0.6) is 0 Å². The first-order chi connectivity index (χ1) is 13.2. The van der Waals surface area contributed by atoms with Gasteiger partial charge in [0.15, 0.2) is 0 Å². The standard InChI is InChI=1S/C24H24N2O/c1-19-12-13-22(18-23(19)20-8-4-2-5-9-20)25-14-16-26(17-15-25)24(27)21-10-6-3-7-11-21/h2-13,18H,14-17H2,1H3. The van der Waals surface area contributed by atoms with Crippen LogP contribution in [0, 0.1) is 6.92 Å². The molecule has 3 nitrogen and oxygen atoms in total. The lowest BCUT2D eigenvalue weighted by atomic mass is 9.99. The second kappa shape index (κ2) is 7.67. The molecule has 1 fully saturated rings. The fourth-order valence-corrected chi connectivity index (χ4v) is 3.67. The summed E-state index contributed by atoms with van der Waals surface area (Å²) in [5.74, 6) is 0.129. The van der Waals surface area contributed by atoms with Crippen molar-refractivity contribution in [2.45, 2.75) is 6.92 Å². The van der Waals surface area contributed by atoms with E-state index in [1.807, 2.05) is 41.3 Å². The average Bonchev–Trinajstić information content (AvgIpc) is 2.75. The zero-order valence-electron chi connectivity index (χ0n) is 15.6. The number of anilines is 1. The third kappa shape index (κ3) is 3.72. The van der Waals surface area contributed by atoms with Crippen LogP contribution in [0.2, 0.25) is 0 Å². The van der Waals surface area contributed by atoms with Crippen molar-refractivity contribution in [1.82, 2.24) is 4.90 Å². The highest BCUT2D eigenvalue weighted by Crippen LogP contribution is 2.28. The van der Waals surface area contributed by atoms with E-state index in [4.69, 9.17) is 0 Å². The van der Waals surface area contributed by atoms with E-state index in [-0.39, 0.29) is 5.91 Å². The Morgan fingerprint density at radius 2 is 1.41 bits per heavy atom. The molecule has 1 heterocycles. The maximum absolute atomic E-state index is 12.6. The minimum atomic E-state index is 0.129. The van der Waals surface area contributed by atoms with Gasteiger partial charge < -0.3 is 9.80 Å². The number of rotatable bonds is 3. The number of carbonyl (C=O) groups excluding carboxylic acids is 1. The van der Waals surface area contributed by atoms with Crippen molar-refractivity contribution in [1.29, 1.82) is 0 Å². The number of benzene rings is 3. The lowest BCUT2D eigenvalue weighted by molar-refractivity contribution is 0.0747. The second-order valence-electron chi connectivity index (χ2n) is 7.01. The number of carbonyl (C=O) groups is 1. The van der Waals surface area contributed by atoms with Crippen molar-refractivity contribution in [3.8, 4) is 11.1 Å². The third-order valence-corrected chi connectivity index (χ3v) is 5.26. The van der Waals surface area contributed by atoms with Gasteiger partial charge in [-0.25, -0.2) is 0 Å². The Hall–Kier alpha value is -3.07. The van der Waals surface area contributed by atoms with Crippen LogP contribution < -0.4 is 4.90 Å². The summed E-state index contributed by atoms with van der Waals surface area (Å²) in [6.45, 7) is 5.37. The molecule has 3 aromatic carbocycles. The molecule has 0 N–H and O–H groups in total. The smallest absolute Gasteiger partial charge is 0.253 e. The molecule has 0 atom stereocenters. The highest BCUT2D eigenvalue weighted by molar-refractivity contribution is 5.94. The lowest BCUT2D eigenvalue weighted by Gasteiger charge is -2.36. The largest absolute Gasteiger partial charge is 0.368 e. The van der Waals surface area contributed by atoms with E-state index >= 15 is 0 Å². The van der Waals surface area contributed by atoms with Gasteiger partial charge in [-0.15, -0.1) is 0 Å². The molecule has 0 saturated carbocycles. The molecule has 0 bridgehead atoms. The fraction of sp³-hybridized carbons (Fsp3) is 0.208. The molecule has 3 heteroatoms. The number of nitrogens with zero attached hydrogens (tertiary/aromatic N) is 2. The fourth-order valence-electron chi connectivity index (χ4n) is 3.67. The highest BCUT2D eigenvalue weighted by Gasteiger charge is 2.22. The van der Waals surface area contributed by atoms with Crippen LogP contribution in [0.3, 0.4) is 0 Å². The Balaban J connectivity index is 1.48. The Labute approximate surface area is 160 Å². The van der Waals surface area contributed by atoms with Gasteiger partial charge in [-0.2, -0.15) is 0 Å². The minimum absolute atomic E-state index is 0.129. The molecule has 4 rings (SSSR count). The van der Waals surface area contributed by atoms with Crippen LogP contribution >= 0.6 is 0 Å². The molecule has 1 saturated heterocycles. The highest BCUT2D eigenvalue weighted by atomic mass is 16.2. The van der Waals surface area contributed by atoms with E-state index in [0.717, 1.165) is 31.7 Å². The number of hydrogen-bond donors (Lipinski definition) is 0. The maximum Gasteiger partial charge on any atom is 0.253 e. The van der Waals surface area contributed by atoms with Gasteiger partial charge in [0.1, 0.15) is 0 Å². The summed E-state index contributed by atoms with van der Waals surface area (Å²) in [4.78, 5) is 17.0. The molecule has 0 unspecified atom stereocenters. The molecule has 0 aliphatic carbocycles. The van der Waals surface area contributed by atoms with Crippen molar-refractivity contribution in [2.75, 3.05) is 31.1 Å². The van der Waals surface area contributed by atoms with Crippen LogP contribution in [0.1, 0.15) is 15.9 Å². The summed E-state index contributed by atoms with van der Waals surface area (Å²) in [6.07, 6.45) is 0. The summed E-state index contributed by atoms with van der Waals surface area (Å²) >= 11 is 0. The first-order valence-corrected chi connectivity index (χ1v) is 9.48. The predicted octanol–water partition coefficient (Wildman–Crippen LogP) is 4.62. The van der Waals surface area contributed by atoms with Gasteiger partial charge in [0.2, 0.25) is 0 Å². The van der Waals surface area contributed by atoms with Crippen LogP contribution in [0.4, 0.5) is 5.69 Å². The van der Waals surface area contributed by atoms with Crippen LogP contribution in [-0.2, 0) is 0 Å². The van der Waals surface area contributed by atoms with Gasteiger partial charge in [-0.05, 0) is 47.9 Å². The molecule has 0 spiro atoms. The van der Waals surface area contributed by atoms with E-state index in [2.05, 4.69) is 54.3 Å². The SMILES string of the molecule is Cc1ccc(N2CCN(C(=O)c3ccccc3)CC2)cc1-c1ccccc1. The molecule has 0 aromatic heterocycles. The van der Waals surface area contributed by atoms with Crippen molar-refractivity contribution in [3.63, 3.8) is 0 Å². The summed E-state index contributed by atoms with van der Waals surface area (Å²) < 4.78 is 0. The van der Waals surface area contributed by atoms with Crippen molar-refractivity contribution in [2.24, 2.45) is 0 Å². The van der Waals surface area contributed by atoms with Crippen LogP contribution in [-0.4, -0.2) is 37.0 Å². The van der Waals surface area contributed by atoms with Crippen molar-refractivity contribution in [3.05, 3.63) is 90.0 Å². The molecule has 1 aliphatic heterocycles. The quantitative estimate of drug-likeness (QED) is 0.683. The maximum atomic E-state index is 12.6. The zero-order chi connectivity index (χ0) is 18.6. The van der Waals surface area contributed by atoms with Crippen LogP contribution in [0.25, 0.3) is 11.1 Å². The molecular weight excluding hydrogens is 332 g/mol. The predicted molar refractivity (Wildman–Crippen MR) is 111 cm³/mol. The van der Waals surface area contributed by atoms with Gasteiger partial charge in [0, 0.05) is 37.4 Å².